The first-order chi connectivity index (χ1) is 7.71. The molecule has 1 N–H and O–H groups in total. The highest BCUT2D eigenvalue weighted by Crippen LogP contribution is 2.12. The van der Waals surface area contributed by atoms with E-state index in [1.165, 1.54) is 0 Å². The van der Waals surface area contributed by atoms with Crippen LogP contribution in [0.2, 0.25) is 78.6 Å². The summed E-state index contributed by atoms with van der Waals surface area (Å²) in [6.07, 6.45) is 0. The molecule has 0 aliphatic carbocycles. The Morgan fingerprint density at radius 2 is 0.750 bits per heavy atom. The lowest BCUT2D eigenvalue weighted by molar-refractivity contribution is 0.558. The average Bonchev–Trinajstić information content (AvgIpc) is 1.63. The van der Waals surface area contributed by atoms with Crippen LogP contribution >= 0.6 is 23.5 Å². The zero-order valence-corrected chi connectivity index (χ0v) is 21.2. The van der Waals surface area contributed by atoms with Gasteiger partial charge in [0, 0.05) is 0 Å². The quantitative estimate of drug-likeness (QED) is 0.459. The number of hydrogen-bond donors (Lipinski definition) is 1. The van der Waals surface area contributed by atoms with Crippen molar-refractivity contribution < 1.29 is 8.91 Å². The van der Waals surface area contributed by atoms with E-state index in [0.717, 1.165) is 0 Å². The van der Waals surface area contributed by atoms with Gasteiger partial charge in [0.25, 0.3) is 0 Å². The molecule has 0 saturated carbocycles. The van der Waals surface area contributed by atoms with Crippen molar-refractivity contribution in [2.24, 2.45) is 0 Å². The maximum absolute atomic E-state index is 8.66. The van der Waals surface area contributed by atoms with Crippen LogP contribution in [0.1, 0.15) is 0 Å². The molecule has 20 heavy (non-hydrogen) atoms. The third-order valence-electron chi connectivity index (χ3n) is 0.612. The fourth-order valence-electron chi connectivity index (χ4n) is 0.919. The molecule has 0 bridgehead atoms. The van der Waals surface area contributed by atoms with Crippen molar-refractivity contribution in [1.29, 1.82) is 0 Å². The Hall–Kier alpha value is 1.37. The van der Waals surface area contributed by atoms with E-state index in [1.807, 2.05) is 19.6 Å². The van der Waals surface area contributed by atoms with Crippen molar-refractivity contribution in [3.63, 3.8) is 0 Å². The topological polar surface area (TPSA) is 29.5 Å². The summed E-state index contributed by atoms with van der Waals surface area (Å²) in [4.78, 5) is 8.66. The first-order valence-electron chi connectivity index (χ1n) is 6.82. The van der Waals surface area contributed by atoms with Crippen molar-refractivity contribution >= 4 is 55.8 Å². The van der Waals surface area contributed by atoms with Crippen LogP contribution in [0.25, 0.3) is 0 Å². The fourth-order valence-corrected chi connectivity index (χ4v) is 8.27. The van der Waals surface area contributed by atoms with E-state index >= 15 is 0 Å². The third-order valence-corrected chi connectivity index (χ3v) is 5.51. The lowest BCUT2D eigenvalue weighted by Crippen LogP contribution is -2.39. The van der Waals surface area contributed by atoms with Gasteiger partial charge in [-0.25, -0.2) is 0 Å². The first kappa shape index (κ1) is 29.4. The molecule has 0 rings (SSSR count). The van der Waals surface area contributed by atoms with Gasteiger partial charge in [-0.3, -0.25) is 0 Å². The normalized spacial score (nSPS) is 12.3. The molecule has 0 aliphatic heterocycles. The molecular weight excluding hydrogens is 359 g/mol. The van der Waals surface area contributed by atoms with Crippen LogP contribution in [0, 0.1) is 0 Å². The maximum atomic E-state index is 8.66. The molecule has 8 heteroatoms. The molecule has 128 valence electrons. The summed E-state index contributed by atoms with van der Waals surface area (Å²) in [6, 6.07) is 0. The van der Waals surface area contributed by atoms with E-state index in [4.69, 9.17) is 20.0 Å². The molecule has 0 aromatic rings. The zero-order valence-electron chi connectivity index (χ0n) is 15.6. The summed E-state index contributed by atoms with van der Waals surface area (Å²) in [7, 11) is -5.21. The van der Waals surface area contributed by atoms with Gasteiger partial charge >= 0.3 is 0 Å². The van der Waals surface area contributed by atoms with Gasteiger partial charge in [0.15, 0.2) is 25.0 Å². The van der Waals surface area contributed by atoms with Gasteiger partial charge in [0.1, 0.15) is 7.38 Å². The van der Waals surface area contributed by atoms with Gasteiger partial charge in [0.05, 0.1) is 0 Å². The fraction of sp³-hybridized carbons (Fsp3) is 1.00. The van der Waals surface area contributed by atoms with Crippen LogP contribution in [-0.4, -0.2) is 37.1 Å². The Morgan fingerprint density at radius 1 is 0.650 bits per heavy atom. The first-order valence-corrected chi connectivity index (χ1v) is 21.6. The van der Waals surface area contributed by atoms with Gasteiger partial charge in [-0.1, -0.05) is 19.6 Å². The van der Waals surface area contributed by atoms with E-state index in [1.54, 1.807) is 0 Å². The maximum Gasteiger partial charge on any atom is 0.179 e. The Balaban J connectivity index is -0.000000101. The van der Waals surface area contributed by atoms with E-state index in [0.29, 0.717) is 0 Å². The second-order valence-electron chi connectivity index (χ2n) is 8.56. The minimum atomic E-state index is -1.61. The Bertz CT molecular complexity index is 190. The molecule has 0 amide bonds. The molecule has 0 fully saturated rings. The predicted octanol–water partition coefficient (Wildman–Crippen LogP) is 5.97. The summed E-state index contributed by atoms with van der Waals surface area (Å²) in [5.41, 5.74) is 0. The standard InChI is InChI=1S/C6H18OSi2.C3H9ClSi.C3H10OSi.ClH/c1-8(2,3)7-9(4,5)6;2*1-5(2,3)4;/h1-6H3;1-3H3;4H,1-3H3;1H. The van der Waals surface area contributed by atoms with E-state index in [2.05, 4.69) is 58.9 Å². The van der Waals surface area contributed by atoms with E-state index in [-0.39, 0.29) is 12.4 Å². The van der Waals surface area contributed by atoms with Crippen molar-refractivity contribution in [1.82, 2.24) is 0 Å². The van der Waals surface area contributed by atoms with Gasteiger partial charge in [-0.05, 0) is 58.9 Å². The largest absolute Gasteiger partial charge is 0.456 e. The Labute approximate surface area is 143 Å². The zero-order chi connectivity index (χ0) is 16.7. The lowest BCUT2D eigenvalue weighted by Gasteiger charge is -2.27. The number of rotatable bonds is 2. The molecule has 0 saturated heterocycles. The molecule has 0 radical (unpaired) electrons. The van der Waals surface area contributed by atoms with Gasteiger partial charge in [0.2, 0.25) is 0 Å². The molecule has 0 aromatic heterocycles. The SMILES string of the molecule is C[Si](C)(C)Cl.C[Si](C)(C)O.C[Si](C)(C)O[Si](C)(C)C.Cl. The molecule has 0 aromatic carbocycles. The smallest absolute Gasteiger partial charge is 0.179 e. The van der Waals surface area contributed by atoms with Crippen LogP contribution in [0.4, 0.5) is 0 Å². The minimum Gasteiger partial charge on any atom is -0.456 e. The van der Waals surface area contributed by atoms with E-state index < -0.39 is 32.3 Å². The summed E-state index contributed by atoms with van der Waals surface area (Å²) in [5, 5.41) is 0. The monoisotopic (exact) mass is 396 g/mol. The Kier molecular flexibility index (Phi) is 16.1. The highest BCUT2D eigenvalue weighted by Gasteiger charge is 2.24. The second kappa shape index (κ2) is 11.0. The summed E-state index contributed by atoms with van der Waals surface area (Å²) in [6.45, 7) is 25.4. The van der Waals surface area contributed by atoms with E-state index in [9.17, 15) is 0 Å². The molecule has 0 unspecified atom stereocenters. The predicted molar refractivity (Wildman–Crippen MR) is 110 cm³/mol. The van der Waals surface area contributed by atoms with Crippen LogP contribution in [-0.2, 0) is 4.12 Å². The van der Waals surface area contributed by atoms with Crippen molar-refractivity contribution in [2.45, 2.75) is 78.6 Å². The summed E-state index contributed by atoms with van der Waals surface area (Å²) >= 11 is 5.67. The molecular formula is C12H38Cl2O2Si4. The number of halogens is 2. The minimum absolute atomic E-state index is 0. The van der Waals surface area contributed by atoms with Crippen molar-refractivity contribution in [3.05, 3.63) is 0 Å². The lowest BCUT2D eigenvalue weighted by atomic mass is 11.8. The molecule has 0 heterocycles. The Morgan fingerprint density at radius 3 is 0.750 bits per heavy atom. The molecule has 0 atom stereocenters. The van der Waals surface area contributed by atoms with Gasteiger partial charge in [-0.15, -0.1) is 12.4 Å². The highest BCUT2D eigenvalue weighted by molar-refractivity contribution is 7.18. The van der Waals surface area contributed by atoms with Crippen molar-refractivity contribution in [3.8, 4) is 0 Å². The van der Waals surface area contributed by atoms with Crippen LogP contribution in [0.5, 0.6) is 0 Å². The van der Waals surface area contributed by atoms with Gasteiger partial charge in [-0.2, -0.15) is 11.1 Å². The van der Waals surface area contributed by atoms with Crippen LogP contribution in [0.15, 0.2) is 0 Å². The van der Waals surface area contributed by atoms with Crippen LogP contribution < -0.4 is 0 Å². The van der Waals surface area contributed by atoms with Gasteiger partial charge < -0.3 is 8.91 Å². The molecule has 2 nitrogen and oxygen atoms in total. The average molecular weight is 398 g/mol. The van der Waals surface area contributed by atoms with Crippen molar-refractivity contribution in [2.75, 3.05) is 0 Å². The summed E-state index contributed by atoms with van der Waals surface area (Å²) < 4.78 is 5.90. The van der Waals surface area contributed by atoms with Crippen LogP contribution in [0.3, 0.4) is 0 Å². The molecule has 0 aliphatic rings. The third kappa shape index (κ3) is 120. The second-order valence-corrected chi connectivity index (χ2v) is 29.7. The number of hydrogen-bond acceptors (Lipinski definition) is 2. The summed E-state index contributed by atoms with van der Waals surface area (Å²) in [5.74, 6) is 0. The highest BCUT2D eigenvalue weighted by atomic mass is 35.6. The molecule has 0 spiro atoms.